The molecule has 2 aromatic carbocycles. The summed E-state index contributed by atoms with van der Waals surface area (Å²) in [6.45, 7) is 6.23. The minimum Gasteiger partial charge on any atom is -0.323 e. The second-order valence-corrected chi connectivity index (χ2v) is 9.41. The van der Waals surface area contributed by atoms with Crippen molar-refractivity contribution in [2.75, 3.05) is 18.4 Å². The Labute approximate surface area is 194 Å². The van der Waals surface area contributed by atoms with Gasteiger partial charge in [0, 0.05) is 47.7 Å². The lowest BCUT2D eigenvalue weighted by Crippen LogP contribution is -2.44. The molecule has 3 N–H and O–H groups in total. The van der Waals surface area contributed by atoms with Gasteiger partial charge in [0.2, 0.25) is 0 Å². The molecule has 0 aliphatic carbocycles. The number of halogens is 1. The van der Waals surface area contributed by atoms with Gasteiger partial charge < -0.3 is 11.1 Å². The molecule has 0 unspecified atom stereocenters. The predicted molar refractivity (Wildman–Crippen MR) is 130 cm³/mol. The van der Waals surface area contributed by atoms with E-state index in [1.807, 2.05) is 36.4 Å². The molecule has 1 fully saturated rings. The summed E-state index contributed by atoms with van der Waals surface area (Å²) in [7, 11) is 0. The minimum absolute atomic E-state index is 0.120. The molecule has 6 heteroatoms. The van der Waals surface area contributed by atoms with Gasteiger partial charge in [0.25, 0.3) is 5.91 Å². The van der Waals surface area contributed by atoms with Crippen molar-refractivity contribution in [1.29, 1.82) is 0 Å². The van der Waals surface area contributed by atoms with Gasteiger partial charge in [-0.15, -0.1) is 0 Å². The fraction of sp³-hybridized carbons (Fsp3) is 0.333. The number of likely N-dealkylation sites (tertiary alicyclic amines) is 1. The number of carbonyl (C=O) groups is 1. The van der Waals surface area contributed by atoms with Crippen molar-refractivity contribution in [3.63, 3.8) is 0 Å². The molecule has 4 rings (SSSR count). The zero-order valence-corrected chi connectivity index (χ0v) is 19.2. The van der Waals surface area contributed by atoms with Gasteiger partial charge in [-0.25, -0.2) is 4.39 Å². The van der Waals surface area contributed by atoms with Gasteiger partial charge in [-0.2, -0.15) is 0 Å². The van der Waals surface area contributed by atoms with Crippen LogP contribution in [-0.4, -0.2) is 34.9 Å². The summed E-state index contributed by atoms with van der Waals surface area (Å²) in [5, 5.41) is 2.87. The molecule has 1 aliphatic rings. The molecule has 1 saturated heterocycles. The van der Waals surface area contributed by atoms with Crippen LogP contribution in [0.2, 0.25) is 0 Å². The highest BCUT2D eigenvalue weighted by molar-refractivity contribution is 6.04. The Hall–Kier alpha value is -3.09. The number of pyridine rings is 1. The number of amides is 1. The number of benzene rings is 2. The molecule has 1 aliphatic heterocycles. The van der Waals surface area contributed by atoms with E-state index in [-0.39, 0.29) is 29.2 Å². The van der Waals surface area contributed by atoms with Crippen LogP contribution in [0, 0.1) is 5.82 Å². The van der Waals surface area contributed by atoms with Crippen LogP contribution in [0.5, 0.6) is 0 Å². The molecular weight excluding hydrogens is 415 g/mol. The average molecular weight is 447 g/mol. The second kappa shape index (κ2) is 9.81. The number of nitrogens with two attached hydrogens (primary N) is 1. The molecule has 2 atom stereocenters. The Balaban J connectivity index is 1.42. The van der Waals surface area contributed by atoms with Crippen LogP contribution in [-0.2, 0) is 5.41 Å². The molecule has 1 aromatic heterocycles. The first-order valence-electron chi connectivity index (χ1n) is 11.4. The lowest BCUT2D eigenvalue weighted by atomic mass is 9.83. The Morgan fingerprint density at radius 1 is 1.12 bits per heavy atom. The number of nitrogens with one attached hydrogen (secondary N) is 1. The number of nitrogens with zero attached hydrogens (tertiary/aromatic N) is 2. The monoisotopic (exact) mass is 446 g/mol. The van der Waals surface area contributed by atoms with E-state index in [2.05, 4.69) is 29.0 Å². The summed E-state index contributed by atoms with van der Waals surface area (Å²) in [5.74, 6) is -0.376. The van der Waals surface area contributed by atoms with E-state index in [0.29, 0.717) is 11.3 Å². The average Bonchev–Trinajstić information content (AvgIpc) is 3.27. The van der Waals surface area contributed by atoms with E-state index < -0.39 is 0 Å². The van der Waals surface area contributed by atoms with Crippen LogP contribution in [0.4, 0.5) is 10.1 Å². The molecule has 0 bridgehead atoms. The third kappa shape index (κ3) is 5.46. The number of carbonyl (C=O) groups excluding carboxylic acids is 1. The molecule has 0 spiro atoms. The van der Waals surface area contributed by atoms with Gasteiger partial charge in [0.1, 0.15) is 5.82 Å². The second-order valence-electron chi connectivity index (χ2n) is 9.41. The van der Waals surface area contributed by atoms with Crippen molar-refractivity contribution in [1.82, 2.24) is 9.88 Å². The first-order valence-corrected chi connectivity index (χ1v) is 11.4. The van der Waals surface area contributed by atoms with Crippen LogP contribution in [0.25, 0.3) is 0 Å². The Bertz CT molecular complexity index is 1070. The molecule has 1 amide bonds. The minimum atomic E-state index is -0.214. The van der Waals surface area contributed by atoms with Crippen LogP contribution in [0.1, 0.15) is 54.2 Å². The van der Waals surface area contributed by atoms with E-state index in [0.717, 1.165) is 37.1 Å². The van der Waals surface area contributed by atoms with E-state index >= 15 is 0 Å². The number of aromatic nitrogens is 1. The largest absolute Gasteiger partial charge is 0.323 e. The molecule has 0 saturated carbocycles. The number of hydrogen-bond acceptors (Lipinski definition) is 4. The van der Waals surface area contributed by atoms with Crippen molar-refractivity contribution < 1.29 is 9.18 Å². The molecule has 3 aromatic rings. The molecule has 2 heterocycles. The van der Waals surface area contributed by atoms with Gasteiger partial charge in [-0.1, -0.05) is 38.1 Å². The van der Waals surface area contributed by atoms with E-state index in [9.17, 15) is 9.18 Å². The van der Waals surface area contributed by atoms with Crippen molar-refractivity contribution in [2.45, 2.75) is 44.2 Å². The third-order valence-corrected chi connectivity index (χ3v) is 6.55. The molecule has 5 nitrogen and oxygen atoms in total. The summed E-state index contributed by atoms with van der Waals surface area (Å²) in [6.07, 6.45) is 5.42. The smallest absolute Gasteiger partial charge is 0.255 e. The number of anilines is 1. The normalized spacial score (nSPS) is 17.6. The van der Waals surface area contributed by atoms with Crippen LogP contribution in [0.3, 0.4) is 0 Å². The molecule has 33 heavy (non-hydrogen) atoms. The third-order valence-electron chi connectivity index (χ3n) is 6.55. The van der Waals surface area contributed by atoms with Gasteiger partial charge >= 0.3 is 0 Å². The lowest BCUT2D eigenvalue weighted by molar-refractivity contribution is 0.102. The Morgan fingerprint density at radius 2 is 1.79 bits per heavy atom. The number of hydrogen-bond donors (Lipinski definition) is 2. The maximum atomic E-state index is 13.4. The summed E-state index contributed by atoms with van der Waals surface area (Å²) >= 11 is 0. The van der Waals surface area contributed by atoms with Crippen LogP contribution >= 0.6 is 0 Å². The first-order chi connectivity index (χ1) is 15.8. The topological polar surface area (TPSA) is 71.2 Å². The predicted octanol–water partition coefficient (Wildman–Crippen LogP) is 4.92. The van der Waals surface area contributed by atoms with Gasteiger partial charge in [0.05, 0.1) is 0 Å². The van der Waals surface area contributed by atoms with Crippen molar-refractivity contribution in [3.05, 3.63) is 95.6 Å². The fourth-order valence-corrected chi connectivity index (χ4v) is 4.67. The quantitative estimate of drug-likeness (QED) is 0.541. The van der Waals surface area contributed by atoms with Crippen molar-refractivity contribution >= 4 is 11.6 Å². The van der Waals surface area contributed by atoms with E-state index in [1.54, 1.807) is 24.5 Å². The molecular formula is C27H31FN4O. The van der Waals surface area contributed by atoms with E-state index in [4.69, 9.17) is 5.73 Å². The zero-order chi connectivity index (χ0) is 23.4. The lowest BCUT2D eigenvalue weighted by Gasteiger charge is -2.36. The fourth-order valence-electron chi connectivity index (χ4n) is 4.67. The first kappa shape index (κ1) is 23.1. The summed E-state index contributed by atoms with van der Waals surface area (Å²) in [5.41, 5.74) is 10.0. The van der Waals surface area contributed by atoms with E-state index in [1.165, 1.54) is 12.1 Å². The van der Waals surface area contributed by atoms with Crippen molar-refractivity contribution in [2.24, 2.45) is 5.73 Å². The Kier molecular flexibility index (Phi) is 6.86. The standard InChI is InChI=1S/C27H31FN4O/c1-27(2,21-9-11-22(28)12-10-21)18-32-17-3-4-24(32)25(29)19-5-7-20(8-6-19)26(33)31-23-13-15-30-16-14-23/h5-16,24-25H,3-4,17-18,29H2,1-2H3,(H,30,31,33)/t24-,25+/m0/s1. The SMILES string of the molecule is CC(C)(CN1CCC[C@H]1[C@H](N)c1ccc(C(=O)Nc2ccncc2)cc1)c1ccc(F)cc1. The maximum Gasteiger partial charge on any atom is 0.255 e. The maximum absolute atomic E-state index is 13.4. The Morgan fingerprint density at radius 3 is 2.45 bits per heavy atom. The summed E-state index contributed by atoms with van der Waals surface area (Å²) < 4.78 is 13.4. The highest BCUT2D eigenvalue weighted by atomic mass is 19.1. The molecule has 172 valence electrons. The number of rotatable bonds is 7. The van der Waals surface area contributed by atoms with Crippen LogP contribution in [0.15, 0.2) is 73.1 Å². The van der Waals surface area contributed by atoms with Crippen molar-refractivity contribution in [3.8, 4) is 0 Å². The van der Waals surface area contributed by atoms with Gasteiger partial charge in [0.15, 0.2) is 0 Å². The highest BCUT2D eigenvalue weighted by Crippen LogP contribution is 2.33. The summed E-state index contributed by atoms with van der Waals surface area (Å²) in [6, 6.07) is 17.9. The van der Waals surface area contributed by atoms with Crippen LogP contribution < -0.4 is 11.1 Å². The van der Waals surface area contributed by atoms with Gasteiger partial charge in [-0.05, 0) is 66.9 Å². The van der Waals surface area contributed by atoms with Gasteiger partial charge in [-0.3, -0.25) is 14.7 Å². The highest BCUT2D eigenvalue weighted by Gasteiger charge is 2.34. The summed E-state index contributed by atoms with van der Waals surface area (Å²) in [4.78, 5) is 18.9. The zero-order valence-electron chi connectivity index (χ0n) is 19.2. The molecule has 0 radical (unpaired) electrons.